The molecule has 0 saturated heterocycles. The van der Waals surface area contributed by atoms with Crippen molar-refractivity contribution in [1.29, 1.82) is 0 Å². The van der Waals surface area contributed by atoms with Crippen molar-refractivity contribution in [3.63, 3.8) is 0 Å². The van der Waals surface area contributed by atoms with Crippen molar-refractivity contribution in [2.45, 2.75) is 112 Å². The Morgan fingerprint density at radius 1 is 0.750 bits per heavy atom. The fourth-order valence-electron chi connectivity index (χ4n) is 3.38. The molecule has 0 aliphatic rings. The summed E-state index contributed by atoms with van der Waals surface area (Å²) in [5, 5.41) is 0. The first-order valence-corrected chi connectivity index (χ1v) is 9.45. The van der Waals surface area contributed by atoms with E-state index in [9.17, 15) is 0 Å². The standard InChI is InChI=1S/C20H42/c1-7-16-20(5,6)17-15-18(4)13-11-10-12-14-19(8-2)9-3/h18-19H,7-17H2,1-6H3. The minimum absolute atomic E-state index is 0.568. The zero-order valence-electron chi connectivity index (χ0n) is 15.4. The van der Waals surface area contributed by atoms with Crippen LogP contribution in [-0.2, 0) is 0 Å². The number of hydrogen-bond donors (Lipinski definition) is 0. The highest BCUT2D eigenvalue weighted by Gasteiger charge is 2.17. The Morgan fingerprint density at radius 3 is 1.90 bits per heavy atom. The summed E-state index contributed by atoms with van der Waals surface area (Å²) in [6.45, 7) is 14.3. The highest BCUT2D eigenvalue weighted by molar-refractivity contribution is 4.69. The summed E-state index contributed by atoms with van der Waals surface area (Å²) in [6.07, 6.45) is 15.6. The van der Waals surface area contributed by atoms with E-state index >= 15 is 0 Å². The summed E-state index contributed by atoms with van der Waals surface area (Å²) in [6, 6.07) is 0. The summed E-state index contributed by atoms with van der Waals surface area (Å²) >= 11 is 0. The molecule has 0 amide bonds. The van der Waals surface area contributed by atoms with Gasteiger partial charge < -0.3 is 0 Å². The molecule has 0 heterocycles. The molecule has 1 atom stereocenters. The zero-order chi connectivity index (χ0) is 15.4. The highest BCUT2D eigenvalue weighted by atomic mass is 14.2. The van der Waals surface area contributed by atoms with Crippen LogP contribution in [0.15, 0.2) is 0 Å². The van der Waals surface area contributed by atoms with Crippen LogP contribution in [0.4, 0.5) is 0 Å². The Hall–Kier alpha value is 0. The van der Waals surface area contributed by atoms with Gasteiger partial charge in [-0.1, -0.05) is 99.3 Å². The van der Waals surface area contributed by atoms with Crippen molar-refractivity contribution in [2.24, 2.45) is 17.3 Å². The molecule has 0 aromatic heterocycles. The second-order valence-corrected chi connectivity index (χ2v) is 7.88. The molecular weight excluding hydrogens is 240 g/mol. The first-order valence-electron chi connectivity index (χ1n) is 9.45. The van der Waals surface area contributed by atoms with Gasteiger partial charge >= 0.3 is 0 Å². The maximum atomic E-state index is 2.46. The van der Waals surface area contributed by atoms with Gasteiger partial charge in [0.25, 0.3) is 0 Å². The fourth-order valence-corrected chi connectivity index (χ4v) is 3.38. The van der Waals surface area contributed by atoms with Crippen molar-refractivity contribution in [3.8, 4) is 0 Å². The monoisotopic (exact) mass is 282 g/mol. The third-order valence-electron chi connectivity index (χ3n) is 5.20. The van der Waals surface area contributed by atoms with Crippen molar-refractivity contribution >= 4 is 0 Å². The smallest absolute Gasteiger partial charge is 0.0354 e. The van der Waals surface area contributed by atoms with E-state index in [1.807, 2.05) is 0 Å². The Bertz CT molecular complexity index is 200. The van der Waals surface area contributed by atoms with Crippen LogP contribution >= 0.6 is 0 Å². The molecule has 0 saturated carbocycles. The zero-order valence-corrected chi connectivity index (χ0v) is 15.4. The van der Waals surface area contributed by atoms with Crippen molar-refractivity contribution in [3.05, 3.63) is 0 Å². The lowest BCUT2D eigenvalue weighted by atomic mass is 9.80. The van der Waals surface area contributed by atoms with E-state index in [0.29, 0.717) is 5.41 Å². The van der Waals surface area contributed by atoms with Gasteiger partial charge in [-0.15, -0.1) is 0 Å². The number of unbranched alkanes of at least 4 members (excludes halogenated alkanes) is 2. The van der Waals surface area contributed by atoms with Crippen LogP contribution in [0.2, 0.25) is 0 Å². The van der Waals surface area contributed by atoms with Crippen LogP contribution in [-0.4, -0.2) is 0 Å². The molecule has 0 bridgehead atoms. The molecule has 0 heteroatoms. The average molecular weight is 283 g/mol. The van der Waals surface area contributed by atoms with Gasteiger partial charge in [0.2, 0.25) is 0 Å². The lowest BCUT2D eigenvalue weighted by Gasteiger charge is -2.25. The highest BCUT2D eigenvalue weighted by Crippen LogP contribution is 2.31. The van der Waals surface area contributed by atoms with Crippen LogP contribution in [0, 0.1) is 17.3 Å². The molecule has 20 heavy (non-hydrogen) atoms. The lowest BCUT2D eigenvalue weighted by molar-refractivity contribution is 0.268. The molecule has 1 unspecified atom stereocenters. The van der Waals surface area contributed by atoms with Crippen LogP contribution in [0.25, 0.3) is 0 Å². The third kappa shape index (κ3) is 10.7. The van der Waals surface area contributed by atoms with E-state index in [4.69, 9.17) is 0 Å². The first kappa shape index (κ1) is 20.0. The molecule has 0 spiro atoms. The van der Waals surface area contributed by atoms with Crippen molar-refractivity contribution in [2.75, 3.05) is 0 Å². The van der Waals surface area contributed by atoms with E-state index in [0.717, 1.165) is 11.8 Å². The maximum absolute atomic E-state index is 2.46. The van der Waals surface area contributed by atoms with Gasteiger partial charge in [0, 0.05) is 0 Å². The van der Waals surface area contributed by atoms with E-state index in [1.165, 1.54) is 70.6 Å². The molecule has 0 aromatic carbocycles. The third-order valence-corrected chi connectivity index (χ3v) is 5.20. The summed E-state index contributed by atoms with van der Waals surface area (Å²) in [4.78, 5) is 0. The van der Waals surface area contributed by atoms with Gasteiger partial charge in [0.05, 0.1) is 0 Å². The van der Waals surface area contributed by atoms with Gasteiger partial charge in [-0.05, 0) is 30.1 Å². The Labute approximate surface area is 130 Å². The van der Waals surface area contributed by atoms with Gasteiger partial charge in [-0.25, -0.2) is 0 Å². The molecule has 0 N–H and O–H groups in total. The Kier molecular flexibility index (Phi) is 11.6. The molecule has 0 aliphatic heterocycles. The van der Waals surface area contributed by atoms with Crippen molar-refractivity contribution < 1.29 is 0 Å². The molecule has 0 rings (SSSR count). The number of rotatable bonds is 13. The van der Waals surface area contributed by atoms with Crippen LogP contribution < -0.4 is 0 Å². The van der Waals surface area contributed by atoms with E-state index < -0.39 is 0 Å². The molecule has 0 fully saturated rings. The predicted molar refractivity (Wildman–Crippen MR) is 94.2 cm³/mol. The average Bonchev–Trinajstić information content (AvgIpc) is 2.40. The minimum atomic E-state index is 0.568. The Morgan fingerprint density at radius 2 is 1.35 bits per heavy atom. The van der Waals surface area contributed by atoms with Crippen molar-refractivity contribution in [1.82, 2.24) is 0 Å². The minimum Gasteiger partial charge on any atom is -0.0654 e. The van der Waals surface area contributed by atoms with Gasteiger partial charge in [0.15, 0.2) is 0 Å². The Balaban J connectivity index is 3.56. The van der Waals surface area contributed by atoms with E-state index in [-0.39, 0.29) is 0 Å². The predicted octanol–water partition coefficient (Wildman–Crippen LogP) is 7.62. The molecule has 0 aromatic rings. The largest absolute Gasteiger partial charge is 0.0654 e. The van der Waals surface area contributed by atoms with Crippen LogP contribution in [0.1, 0.15) is 112 Å². The van der Waals surface area contributed by atoms with E-state index in [2.05, 4.69) is 41.5 Å². The first-order chi connectivity index (χ1) is 9.45. The second kappa shape index (κ2) is 11.6. The summed E-state index contributed by atoms with van der Waals surface area (Å²) in [7, 11) is 0. The quantitative estimate of drug-likeness (QED) is 0.305. The van der Waals surface area contributed by atoms with Gasteiger partial charge in [-0.3, -0.25) is 0 Å². The molecule has 122 valence electrons. The fraction of sp³-hybridized carbons (Fsp3) is 1.00. The molecule has 0 aliphatic carbocycles. The summed E-state index contributed by atoms with van der Waals surface area (Å²) in [5.41, 5.74) is 0.568. The lowest BCUT2D eigenvalue weighted by Crippen LogP contribution is -2.12. The normalized spacial score (nSPS) is 13.9. The molecule has 0 radical (unpaired) electrons. The van der Waals surface area contributed by atoms with E-state index in [1.54, 1.807) is 0 Å². The molecule has 0 nitrogen and oxygen atoms in total. The van der Waals surface area contributed by atoms with Gasteiger partial charge in [0.1, 0.15) is 0 Å². The van der Waals surface area contributed by atoms with Crippen LogP contribution in [0.5, 0.6) is 0 Å². The summed E-state index contributed by atoms with van der Waals surface area (Å²) in [5.74, 6) is 1.92. The van der Waals surface area contributed by atoms with Crippen LogP contribution in [0.3, 0.4) is 0 Å². The molecular formula is C20H42. The number of hydrogen-bond acceptors (Lipinski definition) is 0. The SMILES string of the molecule is CCCC(C)(C)CCC(C)CCCCCC(CC)CC. The maximum Gasteiger partial charge on any atom is -0.0354 e. The second-order valence-electron chi connectivity index (χ2n) is 7.88. The topological polar surface area (TPSA) is 0 Å². The van der Waals surface area contributed by atoms with Gasteiger partial charge in [-0.2, -0.15) is 0 Å². The summed E-state index contributed by atoms with van der Waals surface area (Å²) < 4.78 is 0.